The van der Waals surface area contributed by atoms with Gasteiger partial charge in [-0.05, 0) is 26.8 Å². The van der Waals surface area contributed by atoms with E-state index in [1.54, 1.807) is 0 Å². The lowest BCUT2D eigenvalue weighted by Crippen LogP contribution is -2.44. The molecule has 1 aliphatic rings. The summed E-state index contributed by atoms with van der Waals surface area (Å²) in [6, 6.07) is -1.99. The van der Waals surface area contributed by atoms with Gasteiger partial charge in [-0.15, -0.1) is 0 Å². The summed E-state index contributed by atoms with van der Waals surface area (Å²) in [4.78, 5) is 12.0. The van der Waals surface area contributed by atoms with Gasteiger partial charge in [0.05, 0.1) is 6.04 Å². The molecule has 0 bridgehead atoms. The Morgan fingerprint density at radius 2 is 1.92 bits per heavy atom. The third-order valence-electron chi connectivity index (χ3n) is 2.54. The van der Waals surface area contributed by atoms with Crippen molar-refractivity contribution in [3.05, 3.63) is 0 Å². The Labute approximate surface area is 74.7 Å². The fraction of sp³-hybridized carbons (Fsp3) is 0.875. The van der Waals surface area contributed by atoms with Crippen molar-refractivity contribution in [3.8, 4) is 0 Å². The van der Waals surface area contributed by atoms with Crippen LogP contribution in [-0.4, -0.2) is 36.0 Å². The Kier molecular flexibility index (Phi) is 2.66. The summed E-state index contributed by atoms with van der Waals surface area (Å²) < 4.78 is 36.9. The second kappa shape index (κ2) is 3.29. The number of alkyl halides is 3. The van der Waals surface area contributed by atoms with Gasteiger partial charge < -0.3 is 0 Å². The molecule has 1 heterocycles. The van der Waals surface area contributed by atoms with E-state index >= 15 is 0 Å². The van der Waals surface area contributed by atoms with Gasteiger partial charge in [-0.2, -0.15) is 13.2 Å². The fourth-order valence-electron chi connectivity index (χ4n) is 1.82. The molecule has 0 aromatic heterocycles. The van der Waals surface area contributed by atoms with Crippen molar-refractivity contribution >= 4 is 5.78 Å². The fourth-order valence-corrected chi connectivity index (χ4v) is 1.82. The van der Waals surface area contributed by atoms with E-state index in [2.05, 4.69) is 0 Å². The Hall–Kier alpha value is -0.580. The van der Waals surface area contributed by atoms with Crippen LogP contribution in [0, 0.1) is 0 Å². The molecular formula is C8H12F3NO. The summed E-state index contributed by atoms with van der Waals surface area (Å²) in [5.41, 5.74) is 0. The molecule has 0 aliphatic carbocycles. The first kappa shape index (κ1) is 10.5. The number of likely N-dealkylation sites (N-methyl/N-ethyl adjacent to an activating group) is 1. The van der Waals surface area contributed by atoms with Crippen LogP contribution in [0.25, 0.3) is 0 Å². The standard InChI is InChI=1S/C8H12F3NO/c1-5(13)6-3-4-7(12(6)2)8(9,10)11/h6-7H,3-4H2,1-2H3/t6-,7+/m0/s1. The number of hydrogen-bond acceptors (Lipinski definition) is 2. The lowest BCUT2D eigenvalue weighted by Gasteiger charge is -2.25. The number of carbonyl (C=O) groups is 1. The third-order valence-corrected chi connectivity index (χ3v) is 2.54. The van der Waals surface area contributed by atoms with E-state index in [1.807, 2.05) is 0 Å². The van der Waals surface area contributed by atoms with Crippen LogP contribution in [0.3, 0.4) is 0 Å². The van der Waals surface area contributed by atoms with Gasteiger partial charge in [0, 0.05) is 0 Å². The van der Waals surface area contributed by atoms with Gasteiger partial charge in [-0.25, -0.2) is 0 Å². The SMILES string of the molecule is CC(=O)[C@@H]1CC[C@H](C(F)(F)F)N1C. The Morgan fingerprint density at radius 1 is 1.38 bits per heavy atom. The third kappa shape index (κ3) is 2.02. The minimum Gasteiger partial charge on any atom is -0.298 e. The van der Waals surface area contributed by atoms with Crippen molar-refractivity contribution in [2.45, 2.75) is 38.0 Å². The van der Waals surface area contributed by atoms with E-state index in [0.29, 0.717) is 6.42 Å². The van der Waals surface area contributed by atoms with Gasteiger partial charge in [-0.1, -0.05) is 0 Å². The van der Waals surface area contributed by atoms with Gasteiger partial charge in [0.15, 0.2) is 0 Å². The molecule has 1 fully saturated rings. The van der Waals surface area contributed by atoms with Crippen molar-refractivity contribution in [2.24, 2.45) is 0 Å². The number of hydrogen-bond donors (Lipinski definition) is 0. The number of likely N-dealkylation sites (tertiary alicyclic amines) is 1. The summed E-state index contributed by atoms with van der Waals surface area (Å²) in [6.07, 6.45) is -3.86. The number of rotatable bonds is 1. The first-order valence-corrected chi connectivity index (χ1v) is 4.13. The van der Waals surface area contributed by atoms with Crippen LogP contribution < -0.4 is 0 Å². The van der Waals surface area contributed by atoms with Crippen LogP contribution in [0.1, 0.15) is 19.8 Å². The molecule has 0 radical (unpaired) electrons. The lowest BCUT2D eigenvalue weighted by atomic mass is 10.1. The molecular weight excluding hydrogens is 183 g/mol. The van der Waals surface area contributed by atoms with E-state index in [1.165, 1.54) is 14.0 Å². The molecule has 0 N–H and O–H groups in total. The van der Waals surface area contributed by atoms with Crippen LogP contribution in [0.2, 0.25) is 0 Å². The monoisotopic (exact) mass is 195 g/mol. The van der Waals surface area contributed by atoms with Crippen molar-refractivity contribution < 1.29 is 18.0 Å². The normalized spacial score (nSPS) is 30.8. The van der Waals surface area contributed by atoms with Gasteiger partial charge >= 0.3 is 6.18 Å². The predicted molar refractivity (Wildman–Crippen MR) is 41.3 cm³/mol. The molecule has 1 aliphatic heterocycles. The number of carbonyl (C=O) groups excluding carboxylic acids is 1. The van der Waals surface area contributed by atoms with E-state index in [4.69, 9.17) is 0 Å². The van der Waals surface area contributed by atoms with E-state index in [9.17, 15) is 18.0 Å². The van der Waals surface area contributed by atoms with Crippen LogP contribution in [0.4, 0.5) is 13.2 Å². The van der Waals surface area contributed by atoms with E-state index in [0.717, 1.165) is 4.90 Å². The van der Waals surface area contributed by atoms with E-state index in [-0.39, 0.29) is 12.2 Å². The molecule has 76 valence electrons. The molecule has 0 unspecified atom stereocenters. The highest BCUT2D eigenvalue weighted by Crippen LogP contribution is 2.34. The molecule has 5 heteroatoms. The van der Waals surface area contributed by atoms with Crippen molar-refractivity contribution in [1.82, 2.24) is 4.90 Å². The zero-order chi connectivity index (χ0) is 10.2. The maximum Gasteiger partial charge on any atom is 0.404 e. The minimum atomic E-state index is -4.21. The summed E-state index contributed by atoms with van der Waals surface area (Å²) in [5.74, 6) is -0.186. The van der Waals surface area contributed by atoms with Gasteiger partial charge in [0.2, 0.25) is 0 Å². The maximum absolute atomic E-state index is 12.3. The average Bonchev–Trinajstić information content (AvgIpc) is 2.28. The predicted octanol–water partition coefficient (Wildman–Crippen LogP) is 1.60. The smallest absolute Gasteiger partial charge is 0.298 e. The van der Waals surface area contributed by atoms with Crippen LogP contribution in [0.15, 0.2) is 0 Å². The number of ketones is 1. The topological polar surface area (TPSA) is 20.3 Å². The minimum absolute atomic E-state index is 0.0320. The van der Waals surface area contributed by atoms with Crippen LogP contribution in [-0.2, 0) is 4.79 Å². The molecule has 2 nitrogen and oxygen atoms in total. The molecule has 1 rings (SSSR count). The van der Waals surface area contributed by atoms with Crippen LogP contribution in [0.5, 0.6) is 0 Å². The molecule has 0 aromatic carbocycles. The number of nitrogens with zero attached hydrogens (tertiary/aromatic N) is 1. The van der Waals surface area contributed by atoms with E-state index < -0.39 is 18.3 Å². The zero-order valence-corrected chi connectivity index (χ0v) is 7.56. The highest BCUT2D eigenvalue weighted by atomic mass is 19.4. The van der Waals surface area contributed by atoms with Crippen LogP contribution >= 0.6 is 0 Å². The molecule has 2 atom stereocenters. The summed E-state index contributed by atoms with van der Waals surface area (Å²) >= 11 is 0. The number of Topliss-reactive ketones (excluding diaryl/α,β-unsaturated/α-hetero) is 1. The summed E-state index contributed by atoms with van der Waals surface area (Å²) in [5, 5.41) is 0. The zero-order valence-electron chi connectivity index (χ0n) is 7.56. The quantitative estimate of drug-likeness (QED) is 0.633. The van der Waals surface area contributed by atoms with Gasteiger partial charge in [0.1, 0.15) is 11.8 Å². The first-order valence-electron chi connectivity index (χ1n) is 4.13. The maximum atomic E-state index is 12.3. The summed E-state index contributed by atoms with van der Waals surface area (Å²) in [6.45, 7) is 1.33. The molecule has 0 amide bonds. The highest BCUT2D eigenvalue weighted by molar-refractivity contribution is 5.81. The Bertz CT molecular complexity index is 214. The second-order valence-corrected chi connectivity index (χ2v) is 3.43. The largest absolute Gasteiger partial charge is 0.404 e. The van der Waals surface area contributed by atoms with Crippen molar-refractivity contribution in [1.29, 1.82) is 0 Å². The first-order chi connectivity index (χ1) is 5.84. The molecule has 0 aromatic rings. The molecule has 13 heavy (non-hydrogen) atoms. The second-order valence-electron chi connectivity index (χ2n) is 3.43. The van der Waals surface area contributed by atoms with Crippen molar-refractivity contribution in [3.63, 3.8) is 0 Å². The number of halogens is 3. The highest BCUT2D eigenvalue weighted by Gasteiger charge is 2.48. The average molecular weight is 195 g/mol. The lowest BCUT2D eigenvalue weighted by molar-refractivity contribution is -0.175. The molecule has 0 spiro atoms. The molecule has 1 saturated heterocycles. The Morgan fingerprint density at radius 3 is 2.15 bits per heavy atom. The van der Waals surface area contributed by atoms with Crippen molar-refractivity contribution in [2.75, 3.05) is 7.05 Å². The van der Waals surface area contributed by atoms with Gasteiger partial charge in [0.25, 0.3) is 0 Å². The summed E-state index contributed by atoms with van der Waals surface area (Å²) in [7, 11) is 1.36. The van der Waals surface area contributed by atoms with Gasteiger partial charge in [-0.3, -0.25) is 9.69 Å². The molecule has 0 saturated carbocycles. The Balaban J connectivity index is 2.71.